The van der Waals surface area contributed by atoms with Crippen molar-refractivity contribution >= 4 is 24.8 Å². The van der Waals surface area contributed by atoms with Gasteiger partial charge in [-0.25, -0.2) is 0 Å². The second kappa shape index (κ2) is 7.60. The maximum absolute atomic E-state index is 2.61. The van der Waals surface area contributed by atoms with E-state index in [4.69, 9.17) is 0 Å². The summed E-state index contributed by atoms with van der Waals surface area (Å²) in [7, 11) is 0. The Morgan fingerprint density at radius 2 is 1.88 bits per heavy atom. The molecular formula is C14H21Ge2. The van der Waals surface area contributed by atoms with Crippen LogP contribution in [-0.2, 0) is 0 Å². The van der Waals surface area contributed by atoms with E-state index in [2.05, 4.69) is 29.2 Å². The zero-order chi connectivity index (χ0) is 11.1. The predicted molar refractivity (Wildman–Crippen MR) is 75.0 cm³/mol. The van der Waals surface area contributed by atoms with E-state index in [9.17, 15) is 0 Å². The SMILES string of the molecule is C1=C/CCCC[C](/[Ge]2=[Ge]/[CH]=C\CCC[CH2]2)=C\1. The molecule has 2 aliphatic rings. The molecule has 0 aromatic rings. The monoisotopic (exact) mass is 337 g/mol. The average Bonchev–Trinajstić information content (AvgIpc) is 2.18. The van der Waals surface area contributed by atoms with Crippen molar-refractivity contribution < 1.29 is 0 Å². The Kier molecular flexibility index (Phi) is 6.06. The molecule has 0 aromatic carbocycles. The molecule has 2 heteroatoms. The van der Waals surface area contributed by atoms with Crippen molar-refractivity contribution in [3.05, 3.63) is 33.6 Å². The van der Waals surface area contributed by atoms with Gasteiger partial charge < -0.3 is 0 Å². The van der Waals surface area contributed by atoms with Gasteiger partial charge in [-0.3, -0.25) is 0 Å². The molecule has 16 heavy (non-hydrogen) atoms. The molecule has 0 aromatic heterocycles. The second-order valence-corrected chi connectivity index (χ2v) is 20.1. The molecule has 1 aliphatic heterocycles. The topological polar surface area (TPSA) is 0 Å². The Bertz CT molecular complexity index is 301. The molecule has 85 valence electrons. The summed E-state index contributed by atoms with van der Waals surface area (Å²) < 4.78 is 1.93. The van der Waals surface area contributed by atoms with Crippen molar-refractivity contribution in [1.29, 1.82) is 0 Å². The fourth-order valence-electron chi connectivity index (χ4n) is 2.33. The van der Waals surface area contributed by atoms with Crippen LogP contribution in [0.1, 0.15) is 44.9 Å². The van der Waals surface area contributed by atoms with Crippen LogP contribution in [0.5, 0.6) is 0 Å². The molecule has 0 N–H and O–H groups in total. The number of allylic oxidation sites excluding steroid dienone is 5. The van der Waals surface area contributed by atoms with Gasteiger partial charge in [0.2, 0.25) is 0 Å². The third-order valence-corrected chi connectivity index (χ3v) is 21.0. The van der Waals surface area contributed by atoms with Gasteiger partial charge in [-0.05, 0) is 0 Å². The number of rotatable bonds is 1. The van der Waals surface area contributed by atoms with Crippen LogP contribution in [0.15, 0.2) is 33.6 Å². The van der Waals surface area contributed by atoms with Crippen molar-refractivity contribution in [1.82, 2.24) is 0 Å². The second-order valence-electron chi connectivity index (χ2n) is 4.64. The summed E-state index contributed by atoms with van der Waals surface area (Å²) >= 11 is -0.466. The van der Waals surface area contributed by atoms with Gasteiger partial charge in [0.25, 0.3) is 0 Å². The first-order chi connectivity index (χ1) is 7.97. The van der Waals surface area contributed by atoms with Crippen LogP contribution >= 0.6 is 0 Å². The van der Waals surface area contributed by atoms with Crippen molar-refractivity contribution in [2.45, 2.75) is 50.2 Å². The first kappa shape index (κ1) is 12.8. The third kappa shape index (κ3) is 4.29. The van der Waals surface area contributed by atoms with Crippen LogP contribution in [0.4, 0.5) is 0 Å². The summed E-state index contributed by atoms with van der Waals surface area (Å²) in [5, 5.41) is 1.63. The van der Waals surface area contributed by atoms with Crippen molar-refractivity contribution in [2.24, 2.45) is 0 Å². The van der Waals surface area contributed by atoms with Crippen molar-refractivity contribution in [3.63, 3.8) is 0 Å². The molecule has 1 radical (unpaired) electrons. The van der Waals surface area contributed by atoms with Gasteiger partial charge in [-0.15, -0.1) is 0 Å². The molecule has 0 spiro atoms. The predicted octanol–water partition coefficient (Wildman–Crippen LogP) is 3.98. The quantitative estimate of drug-likeness (QED) is 0.637. The van der Waals surface area contributed by atoms with E-state index in [1.54, 1.807) is 5.25 Å². The summed E-state index contributed by atoms with van der Waals surface area (Å²) in [6.07, 6.45) is 19.6. The van der Waals surface area contributed by atoms with Crippen molar-refractivity contribution in [2.75, 3.05) is 0 Å². The Balaban J connectivity index is 2.13. The van der Waals surface area contributed by atoms with Gasteiger partial charge in [-0.2, -0.15) is 0 Å². The fourth-order valence-corrected chi connectivity index (χ4v) is 18.9. The number of hydrogen-bond acceptors (Lipinski definition) is 0. The molecule has 2 rings (SSSR count). The first-order valence-electron chi connectivity index (χ1n) is 6.60. The van der Waals surface area contributed by atoms with Gasteiger partial charge in [0.15, 0.2) is 0 Å². The van der Waals surface area contributed by atoms with Crippen molar-refractivity contribution in [3.8, 4) is 0 Å². The Morgan fingerprint density at radius 3 is 2.88 bits per heavy atom. The first-order valence-corrected chi connectivity index (χ1v) is 16.8. The molecule has 1 heterocycles. The van der Waals surface area contributed by atoms with E-state index >= 15 is 0 Å². The van der Waals surface area contributed by atoms with E-state index in [0.29, 0.717) is 12.9 Å². The van der Waals surface area contributed by atoms with Gasteiger partial charge in [-0.1, -0.05) is 0 Å². The molecule has 0 saturated carbocycles. The van der Waals surface area contributed by atoms with E-state index in [-0.39, 0.29) is 0 Å². The van der Waals surface area contributed by atoms with Crippen LogP contribution in [0, 0.1) is 0 Å². The molecule has 0 amide bonds. The van der Waals surface area contributed by atoms with Crippen LogP contribution in [0.25, 0.3) is 0 Å². The Hall–Kier alpha value is 0.306. The summed E-state index contributed by atoms with van der Waals surface area (Å²) in [4.78, 5) is 2.61. The zero-order valence-electron chi connectivity index (χ0n) is 10.0. The van der Waals surface area contributed by atoms with E-state index < -0.39 is 11.8 Å². The van der Waals surface area contributed by atoms with E-state index in [1.165, 1.54) is 44.9 Å². The average molecular weight is 335 g/mol. The minimum atomic E-state index is -0.770. The minimum absolute atomic E-state index is 0.304. The Morgan fingerprint density at radius 1 is 1.00 bits per heavy atom. The van der Waals surface area contributed by atoms with Crippen LogP contribution in [0.3, 0.4) is 0 Å². The molecule has 1 aliphatic carbocycles. The van der Waals surface area contributed by atoms with E-state index in [0.717, 1.165) is 0 Å². The number of hydrogen-bond donors (Lipinski definition) is 0. The van der Waals surface area contributed by atoms with Crippen LogP contribution in [-0.4, -0.2) is 24.8 Å². The maximum atomic E-state index is 2.61. The van der Waals surface area contributed by atoms with Gasteiger partial charge >= 0.3 is 109 Å². The molecule has 0 unspecified atom stereocenters. The molecule has 0 saturated heterocycles. The van der Waals surface area contributed by atoms with Gasteiger partial charge in [0.1, 0.15) is 0 Å². The molecular weight excluding hydrogens is 313 g/mol. The summed E-state index contributed by atoms with van der Waals surface area (Å²) in [5.41, 5.74) is 0. The van der Waals surface area contributed by atoms with Crippen LogP contribution in [0.2, 0.25) is 5.25 Å². The summed E-state index contributed by atoms with van der Waals surface area (Å²) in [5.74, 6) is 0. The van der Waals surface area contributed by atoms with E-state index in [1.807, 2.05) is 4.41 Å². The Labute approximate surface area is 108 Å². The summed E-state index contributed by atoms with van der Waals surface area (Å²) in [6.45, 7) is 0. The molecule has 0 atom stereocenters. The van der Waals surface area contributed by atoms with Crippen LogP contribution < -0.4 is 0 Å². The normalized spacial score (nSPS) is 33.0. The third-order valence-electron chi connectivity index (χ3n) is 3.31. The van der Waals surface area contributed by atoms with Gasteiger partial charge in [0.05, 0.1) is 0 Å². The molecule has 0 nitrogen and oxygen atoms in total. The molecule has 0 bridgehead atoms. The van der Waals surface area contributed by atoms with Gasteiger partial charge in [0, 0.05) is 0 Å². The summed E-state index contributed by atoms with van der Waals surface area (Å²) in [6, 6.07) is 0. The standard InChI is InChI=1S/C14H21Ge2/c1-2-6-10-14(11-7-3-1)16-13-9-5-4-8-12-15-16/h2,6,8,10,12H,1,3-5,7,9,11,13H2/b6-2-,12-8-,14-10+,16-15?. The zero-order valence-corrected chi connectivity index (χ0v) is 14.2. The fraction of sp³-hybridized carbons (Fsp3) is 0.571. The molecule has 0 fully saturated rings.